The van der Waals surface area contributed by atoms with E-state index in [0.717, 1.165) is 10.8 Å². The van der Waals surface area contributed by atoms with Gasteiger partial charge in [0.1, 0.15) is 5.60 Å². The standard InChI is InChI=1S/C12H18N2O2S/c1-12(2,3)16-11(15)14-8-9-17-10-6-4-5-7-13-10/h4-7H,8-9H2,1-3H3,(H,14,15). The summed E-state index contributed by atoms with van der Waals surface area (Å²) < 4.78 is 5.12. The number of pyridine rings is 1. The number of nitrogens with zero attached hydrogens (tertiary/aromatic N) is 1. The molecule has 0 aromatic carbocycles. The van der Waals surface area contributed by atoms with E-state index >= 15 is 0 Å². The van der Waals surface area contributed by atoms with Crippen LogP contribution in [0.25, 0.3) is 0 Å². The first-order valence-electron chi connectivity index (χ1n) is 5.48. The molecular formula is C12H18N2O2S. The first kappa shape index (κ1) is 13.8. The number of ether oxygens (including phenoxy) is 1. The highest BCUT2D eigenvalue weighted by atomic mass is 32.2. The first-order valence-corrected chi connectivity index (χ1v) is 6.46. The topological polar surface area (TPSA) is 51.2 Å². The molecule has 1 aromatic rings. The van der Waals surface area contributed by atoms with E-state index in [-0.39, 0.29) is 6.09 Å². The van der Waals surface area contributed by atoms with Crippen LogP contribution >= 0.6 is 11.8 Å². The third-order valence-corrected chi connectivity index (χ3v) is 2.60. The van der Waals surface area contributed by atoms with Gasteiger partial charge in [-0.3, -0.25) is 0 Å². The van der Waals surface area contributed by atoms with E-state index in [1.54, 1.807) is 18.0 Å². The number of alkyl carbamates (subject to hydrolysis) is 1. The lowest BCUT2D eigenvalue weighted by Gasteiger charge is -2.19. The summed E-state index contributed by atoms with van der Waals surface area (Å²) in [5.41, 5.74) is -0.446. The zero-order valence-corrected chi connectivity index (χ0v) is 11.2. The average molecular weight is 254 g/mol. The maximum absolute atomic E-state index is 11.3. The Bertz CT molecular complexity index is 349. The van der Waals surface area contributed by atoms with Crippen LogP contribution in [-0.2, 0) is 4.74 Å². The SMILES string of the molecule is CC(C)(C)OC(=O)NCCSc1ccccn1. The molecular weight excluding hydrogens is 236 g/mol. The first-order chi connectivity index (χ1) is 7.97. The summed E-state index contributed by atoms with van der Waals surface area (Å²) in [5, 5.41) is 3.66. The van der Waals surface area contributed by atoms with Gasteiger partial charge in [0.05, 0.1) is 5.03 Å². The van der Waals surface area contributed by atoms with Gasteiger partial charge in [-0.2, -0.15) is 0 Å². The van der Waals surface area contributed by atoms with Crippen LogP contribution in [0, 0.1) is 0 Å². The van der Waals surface area contributed by atoms with E-state index in [1.165, 1.54) is 0 Å². The lowest BCUT2D eigenvalue weighted by Crippen LogP contribution is -2.33. The summed E-state index contributed by atoms with van der Waals surface area (Å²) in [6.45, 7) is 6.09. The van der Waals surface area contributed by atoms with E-state index in [4.69, 9.17) is 4.74 Å². The van der Waals surface area contributed by atoms with Crippen LogP contribution in [0.5, 0.6) is 0 Å². The molecule has 0 unspecified atom stereocenters. The highest BCUT2D eigenvalue weighted by molar-refractivity contribution is 7.99. The molecule has 0 atom stereocenters. The fraction of sp³-hybridized carbons (Fsp3) is 0.500. The predicted molar refractivity (Wildman–Crippen MR) is 69.2 cm³/mol. The van der Waals surface area contributed by atoms with Gasteiger partial charge >= 0.3 is 6.09 Å². The maximum Gasteiger partial charge on any atom is 0.407 e. The van der Waals surface area contributed by atoms with Crippen LogP contribution < -0.4 is 5.32 Å². The fourth-order valence-electron chi connectivity index (χ4n) is 1.06. The van der Waals surface area contributed by atoms with Crippen molar-refractivity contribution in [1.82, 2.24) is 10.3 Å². The van der Waals surface area contributed by atoms with Crippen LogP contribution in [0.4, 0.5) is 4.79 Å². The summed E-state index contributed by atoms with van der Waals surface area (Å²) in [4.78, 5) is 15.5. The molecule has 0 saturated heterocycles. The van der Waals surface area contributed by atoms with Crippen molar-refractivity contribution in [2.24, 2.45) is 0 Å². The van der Waals surface area contributed by atoms with Crippen molar-refractivity contribution < 1.29 is 9.53 Å². The Morgan fingerprint density at radius 3 is 2.82 bits per heavy atom. The average Bonchev–Trinajstić information content (AvgIpc) is 2.23. The molecule has 1 heterocycles. The number of carbonyl (C=O) groups is 1. The van der Waals surface area contributed by atoms with Crippen LogP contribution in [0.3, 0.4) is 0 Å². The van der Waals surface area contributed by atoms with Gasteiger partial charge in [0.2, 0.25) is 0 Å². The molecule has 0 spiro atoms. The minimum Gasteiger partial charge on any atom is -0.444 e. The molecule has 1 N–H and O–H groups in total. The maximum atomic E-state index is 11.3. The van der Waals surface area contributed by atoms with E-state index in [1.807, 2.05) is 39.0 Å². The third kappa shape index (κ3) is 6.84. The number of nitrogens with one attached hydrogen (secondary N) is 1. The number of carbonyl (C=O) groups excluding carboxylic acids is 1. The summed E-state index contributed by atoms with van der Waals surface area (Å²) >= 11 is 1.60. The van der Waals surface area contributed by atoms with Gasteiger partial charge < -0.3 is 10.1 Å². The highest BCUT2D eigenvalue weighted by Gasteiger charge is 2.15. The largest absolute Gasteiger partial charge is 0.444 e. The Morgan fingerprint density at radius 2 is 2.24 bits per heavy atom. The summed E-state index contributed by atoms with van der Waals surface area (Å²) in [5.74, 6) is 0.774. The van der Waals surface area contributed by atoms with Crippen molar-refractivity contribution in [2.75, 3.05) is 12.3 Å². The second kappa shape index (κ2) is 6.49. The molecule has 17 heavy (non-hydrogen) atoms. The van der Waals surface area contributed by atoms with Crippen LogP contribution in [-0.4, -0.2) is 29.0 Å². The Labute approximate surface area is 106 Å². The number of hydrogen-bond donors (Lipinski definition) is 1. The summed E-state index contributed by atoms with van der Waals surface area (Å²) in [6.07, 6.45) is 1.38. The molecule has 0 aliphatic heterocycles. The quantitative estimate of drug-likeness (QED) is 0.663. The minimum absolute atomic E-state index is 0.376. The molecule has 0 aliphatic rings. The van der Waals surface area contributed by atoms with Crippen LogP contribution in [0.2, 0.25) is 0 Å². The Hall–Kier alpha value is -1.23. The number of hydrogen-bond acceptors (Lipinski definition) is 4. The number of amides is 1. The highest BCUT2D eigenvalue weighted by Crippen LogP contribution is 2.12. The molecule has 1 rings (SSSR count). The Morgan fingerprint density at radius 1 is 1.47 bits per heavy atom. The lowest BCUT2D eigenvalue weighted by molar-refractivity contribution is 0.0531. The molecule has 4 nitrogen and oxygen atoms in total. The number of aromatic nitrogens is 1. The van der Waals surface area contributed by atoms with Crippen LogP contribution in [0.1, 0.15) is 20.8 Å². The van der Waals surface area contributed by atoms with Crippen molar-refractivity contribution >= 4 is 17.9 Å². The Balaban J connectivity index is 2.14. The second-order valence-corrected chi connectivity index (χ2v) is 5.56. The van der Waals surface area contributed by atoms with Gasteiger partial charge in [-0.25, -0.2) is 9.78 Å². The lowest BCUT2D eigenvalue weighted by atomic mass is 10.2. The molecule has 1 aromatic heterocycles. The van der Waals surface area contributed by atoms with Crippen molar-refractivity contribution in [3.05, 3.63) is 24.4 Å². The summed E-state index contributed by atoms with van der Waals surface area (Å²) in [7, 11) is 0. The van der Waals surface area contributed by atoms with E-state index in [2.05, 4.69) is 10.3 Å². The molecule has 5 heteroatoms. The molecule has 94 valence electrons. The minimum atomic E-state index is -0.446. The van der Waals surface area contributed by atoms with Gasteiger partial charge in [-0.15, -0.1) is 11.8 Å². The van der Waals surface area contributed by atoms with E-state index in [9.17, 15) is 4.79 Å². The monoisotopic (exact) mass is 254 g/mol. The number of thioether (sulfide) groups is 1. The fourth-order valence-corrected chi connectivity index (χ4v) is 1.78. The molecule has 0 fully saturated rings. The third-order valence-electron chi connectivity index (χ3n) is 1.66. The molecule has 0 saturated carbocycles. The van der Waals surface area contributed by atoms with Crippen molar-refractivity contribution in [2.45, 2.75) is 31.4 Å². The molecule has 1 amide bonds. The smallest absolute Gasteiger partial charge is 0.407 e. The Kier molecular flexibility index (Phi) is 5.28. The number of rotatable bonds is 4. The predicted octanol–water partition coefficient (Wildman–Crippen LogP) is 2.70. The van der Waals surface area contributed by atoms with Gasteiger partial charge in [0.25, 0.3) is 0 Å². The molecule has 0 aliphatic carbocycles. The van der Waals surface area contributed by atoms with Gasteiger partial charge in [0.15, 0.2) is 0 Å². The molecule has 0 radical (unpaired) electrons. The normalized spacial score (nSPS) is 11.0. The van der Waals surface area contributed by atoms with E-state index < -0.39 is 5.60 Å². The van der Waals surface area contributed by atoms with Gasteiger partial charge in [-0.05, 0) is 32.9 Å². The molecule has 0 bridgehead atoms. The van der Waals surface area contributed by atoms with Crippen molar-refractivity contribution in [3.8, 4) is 0 Å². The van der Waals surface area contributed by atoms with Crippen molar-refractivity contribution in [3.63, 3.8) is 0 Å². The zero-order chi connectivity index (χ0) is 12.7. The van der Waals surface area contributed by atoms with Crippen molar-refractivity contribution in [1.29, 1.82) is 0 Å². The van der Waals surface area contributed by atoms with Crippen LogP contribution in [0.15, 0.2) is 29.4 Å². The van der Waals surface area contributed by atoms with E-state index in [0.29, 0.717) is 6.54 Å². The summed E-state index contributed by atoms with van der Waals surface area (Å²) in [6, 6.07) is 5.76. The zero-order valence-electron chi connectivity index (χ0n) is 10.4. The second-order valence-electron chi connectivity index (χ2n) is 4.45. The van der Waals surface area contributed by atoms with Gasteiger partial charge in [-0.1, -0.05) is 6.07 Å². The van der Waals surface area contributed by atoms with Gasteiger partial charge in [0, 0.05) is 18.5 Å².